The fourth-order valence-corrected chi connectivity index (χ4v) is 1.01. The Bertz CT molecular complexity index is 335. The standard InChI is InChI=1S/C7H6.H4N2O2S/c1-2-7-4-3-6(1)5-7;1-5(2,3)4/h1-4H,5H2;(H4,1,2,3,4). The maximum atomic E-state index is 9.19. The van der Waals surface area contributed by atoms with E-state index in [1.165, 1.54) is 17.6 Å². The van der Waals surface area contributed by atoms with Crippen LogP contribution in [0.3, 0.4) is 0 Å². The van der Waals surface area contributed by atoms with Crippen molar-refractivity contribution >= 4 is 10.2 Å². The first-order valence-electron chi connectivity index (χ1n) is 3.33. The highest BCUT2D eigenvalue weighted by Gasteiger charge is 2.07. The zero-order chi connectivity index (χ0) is 9.19. The second-order valence-corrected chi connectivity index (χ2v) is 3.76. The molecule has 2 rings (SSSR count). The summed E-state index contributed by atoms with van der Waals surface area (Å²) in [5, 5.41) is 8.21. The molecule has 0 saturated carbocycles. The van der Waals surface area contributed by atoms with Gasteiger partial charge in [-0.05, 0) is 17.6 Å². The Kier molecular flexibility index (Phi) is 2.46. The lowest BCUT2D eigenvalue weighted by Crippen LogP contribution is -2.21. The molecular formula is C7H10N2O2S. The van der Waals surface area contributed by atoms with Crippen LogP contribution in [0.1, 0.15) is 6.42 Å². The molecule has 12 heavy (non-hydrogen) atoms. The van der Waals surface area contributed by atoms with E-state index in [2.05, 4.69) is 34.6 Å². The molecule has 0 radical (unpaired) electrons. The molecule has 0 atom stereocenters. The highest BCUT2D eigenvalue weighted by Crippen LogP contribution is 2.27. The van der Waals surface area contributed by atoms with Gasteiger partial charge in [0, 0.05) is 0 Å². The summed E-state index contributed by atoms with van der Waals surface area (Å²) in [6.45, 7) is 0. The van der Waals surface area contributed by atoms with Crippen molar-refractivity contribution < 1.29 is 8.42 Å². The van der Waals surface area contributed by atoms with Gasteiger partial charge in [-0.2, -0.15) is 8.42 Å². The van der Waals surface area contributed by atoms with Gasteiger partial charge >= 0.3 is 0 Å². The van der Waals surface area contributed by atoms with Crippen LogP contribution in [-0.2, 0) is 10.2 Å². The van der Waals surface area contributed by atoms with Gasteiger partial charge in [0.15, 0.2) is 0 Å². The first-order chi connectivity index (χ1) is 5.45. The van der Waals surface area contributed by atoms with Gasteiger partial charge in [-0.25, -0.2) is 10.3 Å². The monoisotopic (exact) mass is 186 g/mol. The van der Waals surface area contributed by atoms with Crippen molar-refractivity contribution in [3.05, 3.63) is 35.5 Å². The fraction of sp³-hybridized carbons (Fsp3) is 0.143. The highest BCUT2D eigenvalue weighted by molar-refractivity contribution is 7.86. The van der Waals surface area contributed by atoms with Crippen molar-refractivity contribution in [2.75, 3.05) is 0 Å². The molecule has 0 spiro atoms. The third-order valence-corrected chi connectivity index (χ3v) is 1.43. The third-order valence-electron chi connectivity index (χ3n) is 1.43. The van der Waals surface area contributed by atoms with Gasteiger partial charge < -0.3 is 0 Å². The number of fused-ring (bicyclic) bond motifs is 2. The molecule has 4 nitrogen and oxygen atoms in total. The first kappa shape index (κ1) is 9.18. The number of hydrogen-bond acceptors (Lipinski definition) is 2. The number of rotatable bonds is 0. The molecule has 4 N–H and O–H groups in total. The minimum absolute atomic E-state index is 1.19. The zero-order valence-corrected chi connectivity index (χ0v) is 7.21. The molecule has 0 unspecified atom stereocenters. The van der Waals surface area contributed by atoms with Gasteiger partial charge in [0.25, 0.3) is 10.2 Å². The normalized spacial score (nSPS) is 18.2. The smallest absolute Gasteiger partial charge is 0.216 e. The van der Waals surface area contributed by atoms with E-state index in [1.807, 2.05) is 0 Å². The van der Waals surface area contributed by atoms with E-state index in [4.69, 9.17) is 0 Å². The lowest BCUT2D eigenvalue weighted by atomic mass is 10.3. The zero-order valence-electron chi connectivity index (χ0n) is 6.40. The highest BCUT2D eigenvalue weighted by atomic mass is 32.2. The molecule has 0 aromatic rings. The first-order valence-corrected chi connectivity index (χ1v) is 4.94. The van der Waals surface area contributed by atoms with Gasteiger partial charge in [-0.1, -0.05) is 24.3 Å². The summed E-state index contributed by atoms with van der Waals surface area (Å²) in [7, 11) is -3.67. The van der Waals surface area contributed by atoms with E-state index in [9.17, 15) is 8.42 Å². The van der Waals surface area contributed by atoms with Crippen molar-refractivity contribution in [2.45, 2.75) is 6.42 Å². The van der Waals surface area contributed by atoms with Gasteiger partial charge in [0.05, 0.1) is 0 Å². The quantitative estimate of drug-likeness (QED) is 0.556. The largest absolute Gasteiger partial charge is 0.271 e. The Morgan fingerprint density at radius 1 is 1.08 bits per heavy atom. The minimum Gasteiger partial charge on any atom is -0.216 e. The molecule has 2 bridgehead atoms. The van der Waals surface area contributed by atoms with E-state index in [-0.39, 0.29) is 0 Å². The topological polar surface area (TPSA) is 86.2 Å². The molecule has 0 fully saturated rings. The second-order valence-electron chi connectivity index (χ2n) is 2.58. The van der Waals surface area contributed by atoms with Gasteiger partial charge in [-0.3, -0.25) is 0 Å². The van der Waals surface area contributed by atoms with E-state index in [1.54, 1.807) is 0 Å². The summed E-state index contributed by atoms with van der Waals surface area (Å²) in [4.78, 5) is 0. The van der Waals surface area contributed by atoms with Crippen molar-refractivity contribution in [3.63, 3.8) is 0 Å². The minimum atomic E-state index is -3.67. The lowest BCUT2D eigenvalue weighted by molar-refractivity contribution is 0.599. The molecular weight excluding hydrogens is 176 g/mol. The Morgan fingerprint density at radius 2 is 1.42 bits per heavy atom. The fourth-order valence-electron chi connectivity index (χ4n) is 1.01. The summed E-state index contributed by atoms with van der Waals surface area (Å²) >= 11 is 0. The van der Waals surface area contributed by atoms with Crippen molar-refractivity contribution in [1.82, 2.24) is 0 Å². The van der Waals surface area contributed by atoms with Crippen LogP contribution < -0.4 is 10.3 Å². The Hall–Kier alpha value is -0.910. The third kappa shape index (κ3) is 3.47. The molecule has 66 valence electrons. The summed E-state index contributed by atoms with van der Waals surface area (Å²) < 4.78 is 18.4. The van der Waals surface area contributed by atoms with E-state index < -0.39 is 10.2 Å². The average Bonchev–Trinajstić information content (AvgIpc) is 2.42. The van der Waals surface area contributed by atoms with E-state index in [0.29, 0.717) is 0 Å². The van der Waals surface area contributed by atoms with E-state index in [0.717, 1.165) is 0 Å². The molecule has 0 aromatic carbocycles. The van der Waals surface area contributed by atoms with Crippen LogP contribution in [0.4, 0.5) is 0 Å². The molecule has 0 aromatic heterocycles. The molecule has 5 heteroatoms. The Labute approximate surface area is 71.4 Å². The van der Waals surface area contributed by atoms with Crippen LogP contribution in [0.5, 0.6) is 0 Å². The van der Waals surface area contributed by atoms with Gasteiger partial charge in [0.2, 0.25) is 0 Å². The van der Waals surface area contributed by atoms with Crippen LogP contribution >= 0.6 is 0 Å². The predicted octanol–water partition coefficient (Wildman–Crippen LogP) is -0.0387. The second kappa shape index (κ2) is 3.22. The van der Waals surface area contributed by atoms with Crippen LogP contribution in [0.2, 0.25) is 0 Å². The SMILES string of the molecule is C1=CC2=CC=C1C2.NS(N)(=O)=O. The van der Waals surface area contributed by atoms with Crippen molar-refractivity contribution in [2.24, 2.45) is 10.3 Å². The number of hydrogen-bond donors (Lipinski definition) is 2. The van der Waals surface area contributed by atoms with Crippen molar-refractivity contribution in [3.8, 4) is 0 Å². The summed E-state index contributed by atoms with van der Waals surface area (Å²) in [5.41, 5.74) is 2.94. The average molecular weight is 186 g/mol. The molecule has 0 saturated heterocycles. The van der Waals surface area contributed by atoms with Crippen LogP contribution in [0.15, 0.2) is 35.5 Å². The van der Waals surface area contributed by atoms with Gasteiger partial charge in [0.1, 0.15) is 0 Å². The van der Waals surface area contributed by atoms with Crippen LogP contribution in [0.25, 0.3) is 0 Å². The maximum absolute atomic E-state index is 9.19. The molecule has 0 amide bonds. The molecule has 2 aliphatic rings. The Morgan fingerprint density at radius 3 is 1.50 bits per heavy atom. The molecule has 0 heterocycles. The van der Waals surface area contributed by atoms with E-state index >= 15 is 0 Å². The van der Waals surface area contributed by atoms with Crippen molar-refractivity contribution in [1.29, 1.82) is 0 Å². The van der Waals surface area contributed by atoms with Crippen LogP contribution in [-0.4, -0.2) is 8.42 Å². The summed E-state index contributed by atoms with van der Waals surface area (Å²) in [5.74, 6) is 0. The summed E-state index contributed by atoms with van der Waals surface area (Å²) in [6, 6.07) is 0. The van der Waals surface area contributed by atoms with Crippen LogP contribution in [0, 0.1) is 0 Å². The maximum Gasteiger partial charge on any atom is 0.271 e. The molecule has 0 aliphatic heterocycles. The lowest BCUT2D eigenvalue weighted by Gasteiger charge is -1.77. The number of nitrogens with two attached hydrogens (primary N) is 2. The summed E-state index contributed by atoms with van der Waals surface area (Å²) in [6.07, 6.45) is 9.90. The molecule has 2 aliphatic carbocycles. The van der Waals surface area contributed by atoms with Gasteiger partial charge in [-0.15, -0.1) is 0 Å². The Balaban J connectivity index is 0.000000130. The number of allylic oxidation sites excluding steroid dienone is 6. The predicted molar refractivity (Wildman–Crippen MR) is 47.2 cm³/mol.